The quantitative estimate of drug-likeness (QED) is 0.876. The summed E-state index contributed by atoms with van der Waals surface area (Å²) in [5, 5.41) is 9.17. The molecule has 0 unspecified atom stereocenters. The van der Waals surface area contributed by atoms with Gasteiger partial charge in [0.2, 0.25) is 0 Å². The van der Waals surface area contributed by atoms with Crippen LogP contribution >= 0.6 is 0 Å². The molecule has 0 spiro atoms. The van der Waals surface area contributed by atoms with E-state index in [1.54, 1.807) is 24.5 Å². The van der Waals surface area contributed by atoms with Crippen molar-refractivity contribution >= 4 is 5.97 Å². The Kier molecular flexibility index (Phi) is 3.19. The topological polar surface area (TPSA) is 50.2 Å². The third kappa shape index (κ3) is 2.33. The zero-order valence-corrected chi connectivity index (χ0v) is 9.55. The maximum absolute atomic E-state index is 11.2. The summed E-state index contributed by atoms with van der Waals surface area (Å²) in [6.07, 6.45) is 4.24. The molecule has 0 radical (unpaired) electrons. The van der Waals surface area contributed by atoms with Gasteiger partial charge in [-0.15, -0.1) is 0 Å². The Labute approximate surface area is 99.8 Å². The normalized spacial score (nSPS) is 10.2. The van der Waals surface area contributed by atoms with E-state index in [9.17, 15) is 9.90 Å². The molecule has 0 amide bonds. The van der Waals surface area contributed by atoms with Gasteiger partial charge in [0, 0.05) is 18.0 Å². The number of hydrogen-bond donors (Lipinski definition) is 1. The van der Waals surface area contributed by atoms with Gasteiger partial charge in [0.25, 0.3) is 0 Å². The zero-order chi connectivity index (χ0) is 12.3. The number of aromatic carboxylic acids is 1. The van der Waals surface area contributed by atoms with E-state index in [1.807, 2.05) is 25.1 Å². The van der Waals surface area contributed by atoms with E-state index in [0.717, 1.165) is 23.1 Å². The van der Waals surface area contributed by atoms with E-state index >= 15 is 0 Å². The molecule has 0 saturated carbocycles. The van der Waals surface area contributed by atoms with E-state index in [2.05, 4.69) is 4.98 Å². The van der Waals surface area contributed by atoms with Crippen LogP contribution in [0.2, 0.25) is 0 Å². The van der Waals surface area contributed by atoms with Crippen molar-refractivity contribution in [3.63, 3.8) is 0 Å². The number of pyridine rings is 1. The van der Waals surface area contributed by atoms with Gasteiger partial charge in [-0.05, 0) is 29.7 Å². The maximum Gasteiger partial charge on any atom is 0.336 e. The van der Waals surface area contributed by atoms with Crippen LogP contribution in [0.25, 0.3) is 11.1 Å². The highest BCUT2D eigenvalue weighted by Crippen LogP contribution is 2.24. The highest BCUT2D eigenvalue weighted by Gasteiger charge is 2.11. The molecule has 1 aromatic carbocycles. The van der Waals surface area contributed by atoms with Crippen molar-refractivity contribution in [1.82, 2.24) is 4.98 Å². The van der Waals surface area contributed by atoms with Gasteiger partial charge < -0.3 is 5.11 Å². The minimum atomic E-state index is -0.911. The smallest absolute Gasteiger partial charge is 0.336 e. The van der Waals surface area contributed by atoms with Crippen molar-refractivity contribution in [2.24, 2.45) is 0 Å². The molecule has 0 aliphatic rings. The highest BCUT2D eigenvalue weighted by atomic mass is 16.4. The molecular formula is C14H13NO2. The first-order valence-corrected chi connectivity index (χ1v) is 5.49. The summed E-state index contributed by atoms with van der Waals surface area (Å²) in [5.41, 5.74) is 2.99. The summed E-state index contributed by atoms with van der Waals surface area (Å²) >= 11 is 0. The molecule has 86 valence electrons. The van der Waals surface area contributed by atoms with Crippen molar-refractivity contribution in [1.29, 1.82) is 0 Å². The predicted octanol–water partition coefficient (Wildman–Crippen LogP) is 3.01. The number of carbonyl (C=O) groups is 1. The lowest BCUT2D eigenvalue weighted by Gasteiger charge is -2.08. The Bertz CT molecular complexity index is 535. The van der Waals surface area contributed by atoms with Crippen LogP contribution < -0.4 is 0 Å². The third-order valence-corrected chi connectivity index (χ3v) is 2.70. The SMILES string of the molecule is CCc1ccc(C(=O)O)c(-c2cccnc2)c1. The van der Waals surface area contributed by atoms with Crippen LogP contribution in [0, 0.1) is 0 Å². The molecule has 17 heavy (non-hydrogen) atoms. The van der Waals surface area contributed by atoms with Crippen LogP contribution in [-0.2, 0) is 6.42 Å². The molecule has 0 atom stereocenters. The number of aromatic nitrogens is 1. The molecule has 0 bridgehead atoms. The van der Waals surface area contributed by atoms with Crippen LogP contribution in [0.4, 0.5) is 0 Å². The van der Waals surface area contributed by atoms with E-state index in [4.69, 9.17) is 0 Å². The lowest BCUT2D eigenvalue weighted by atomic mass is 9.97. The number of rotatable bonds is 3. The maximum atomic E-state index is 11.2. The van der Waals surface area contributed by atoms with E-state index < -0.39 is 5.97 Å². The number of benzene rings is 1. The Morgan fingerprint density at radius 2 is 2.18 bits per heavy atom. The lowest BCUT2D eigenvalue weighted by Crippen LogP contribution is -2.00. The van der Waals surface area contributed by atoms with Crippen molar-refractivity contribution < 1.29 is 9.90 Å². The van der Waals surface area contributed by atoms with Crippen LogP contribution in [0.15, 0.2) is 42.7 Å². The van der Waals surface area contributed by atoms with Crippen molar-refractivity contribution in [2.45, 2.75) is 13.3 Å². The monoisotopic (exact) mass is 227 g/mol. The highest BCUT2D eigenvalue weighted by molar-refractivity contribution is 5.96. The number of carboxylic acids is 1. The molecular weight excluding hydrogens is 214 g/mol. The van der Waals surface area contributed by atoms with Crippen molar-refractivity contribution in [3.05, 3.63) is 53.9 Å². The first-order valence-electron chi connectivity index (χ1n) is 5.49. The summed E-state index contributed by atoms with van der Waals surface area (Å²) < 4.78 is 0. The fourth-order valence-electron chi connectivity index (χ4n) is 1.76. The lowest BCUT2D eigenvalue weighted by molar-refractivity contribution is 0.0697. The second kappa shape index (κ2) is 4.78. The molecule has 0 aliphatic carbocycles. The number of aryl methyl sites for hydroxylation is 1. The molecule has 1 heterocycles. The summed E-state index contributed by atoms with van der Waals surface area (Å²) in [6, 6.07) is 9.10. The molecule has 1 aromatic heterocycles. The largest absolute Gasteiger partial charge is 0.478 e. The Hall–Kier alpha value is -2.16. The molecule has 1 N–H and O–H groups in total. The molecule has 0 fully saturated rings. The number of carboxylic acid groups (broad SMARTS) is 1. The second-order valence-electron chi connectivity index (χ2n) is 3.78. The summed E-state index contributed by atoms with van der Waals surface area (Å²) in [4.78, 5) is 15.2. The predicted molar refractivity (Wildman–Crippen MR) is 66.0 cm³/mol. The van der Waals surface area contributed by atoms with Gasteiger partial charge in [0.15, 0.2) is 0 Å². The zero-order valence-electron chi connectivity index (χ0n) is 9.55. The summed E-state index contributed by atoms with van der Waals surface area (Å²) in [5.74, 6) is -0.911. The molecule has 2 aromatic rings. The Balaban J connectivity index is 2.61. The average Bonchev–Trinajstić information content (AvgIpc) is 2.39. The average molecular weight is 227 g/mol. The molecule has 3 nitrogen and oxygen atoms in total. The minimum Gasteiger partial charge on any atom is -0.478 e. The van der Waals surface area contributed by atoms with Crippen LogP contribution in [0.1, 0.15) is 22.8 Å². The first kappa shape index (κ1) is 11.3. The Morgan fingerprint density at radius 3 is 2.76 bits per heavy atom. The fourth-order valence-corrected chi connectivity index (χ4v) is 1.76. The standard InChI is InChI=1S/C14H13NO2/c1-2-10-5-6-12(14(16)17)13(8-10)11-4-3-7-15-9-11/h3-9H,2H2,1H3,(H,16,17). The number of hydrogen-bond acceptors (Lipinski definition) is 2. The van der Waals surface area contributed by atoms with Gasteiger partial charge in [0.05, 0.1) is 5.56 Å². The summed E-state index contributed by atoms with van der Waals surface area (Å²) in [7, 11) is 0. The third-order valence-electron chi connectivity index (χ3n) is 2.70. The van der Waals surface area contributed by atoms with Gasteiger partial charge in [-0.2, -0.15) is 0 Å². The van der Waals surface area contributed by atoms with Gasteiger partial charge in [0.1, 0.15) is 0 Å². The van der Waals surface area contributed by atoms with E-state index in [0.29, 0.717) is 5.56 Å². The van der Waals surface area contributed by atoms with E-state index in [-0.39, 0.29) is 0 Å². The first-order chi connectivity index (χ1) is 8.22. The number of nitrogens with zero attached hydrogens (tertiary/aromatic N) is 1. The molecule has 0 aliphatic heterocycles. The summed E-state index contributed by atoms with van der Waals surface area (Å²) in [6.45, 7) is 2.04. The van der Waals surface area contributed by atoms with E-state index in [1.165, 1.54) is 0 Å². The van der Waals surface area contributed by atoms with Crippen molar-refractivity contribution in [3.8, 4) is 11.1 Å². The molecule has 3 heteroatoms. The van der Waals surface area contributed by atoms with Crippen LogP contribution in [0.5, 0.6) is 0 Å². The molecule has 0 saturated heterocycles. The van der Waals surface area contributed by atoms with Gasteiger partial charge in [-0.3, -0.25) is 4.98 Å². The van der Waals surface area contributed by atoms with Crippen molar-refractivity contribution in [2.75, 3.05) is 0 Å². The Morgan fingerprint density at radius 1 is 1.35 bits per heavy atom. The fraction of sp³-hybridized carbons (Fsp3) is 0.143. The minimum absolute atomic E-state index is 0.315. The van der Waals surface area contributed by atoms with Gasteiger partial charge >= 0.3 is 5.97 Å². The van der Waals surface area contributed by atoms with Crippen LogP contribution in [-0.4, -0.2) is 16.1 Å². The van der Waals surface area contributed by atoms with Gasteiger partial charge in [-0.25, -0.2) is 4.79 Å². The van der Waals surface area contributed by atoms with Crippen LogP contribution in [0.3, 0.4) is 0 Å². The van der Waals surface area contributed by atoms with Gasteiger partial charge in [-0.1, -0.05) is 25.1 Å². The second-order valence-corrected chi connectivity index (χ2v) is 3.78. The molecule has 2 rings (SSSR count).